The summed E-state index contributed by atoms with van der Waals surface area (Å²) in [5.74, 6) is 1.72. The van der Waals surface area contributed by atoms with Crippen LogP contribution in [0, 0.1) is 0 Å². The molecule has 0 saturated heterocycles. The van der Waals surface area contributed by atoms with Gasteiger partial charge in [-0.1, -0.05) is 42.1 Å². The molecule has 0 unspecified atom stereocenters. The lowest BCUT2D eigenvalue weighted by atomic mass is 10.0. The lowest BCUT2D eigenvalue weighted by Crippen LogP contribution is -2.07. The molecule has 2 N–H and O–H groups in total. The van der Waals surface area contributed by atoms with E-state index in [2.05, 4.69) is 9.97 Å². The van der Waals surface area contributed by atoms with E-state index in [1.54, 1.807) is 0 Å². The predicted molar refractivity (Wildman–Crippen MR) is 86.9 cm³/mol. The Morgan fingerprint density at radius 1 is 1.10 bits per heavy atom. The van der Waals surface area contributed by atoms with Crippen molar-refractivity contribution in [2.45, 2.75) is 38.0 Å². The van der Waals surface area contributed by atoms with Crippen LogP contribution in [0.4, 0.5) is 5.82 Å². The summed E-state index contributed by atoms with van der Waals surface area (Å²) in [5, 5.41) is 1.27. The first-order valence-electron chi connectivity index (χ1n) is 7.19. The van der Waals surface area contributed by atoms with Gasteiger partial charge in [0.1, 0.15) is 11.6 Å². The fraction of sp³-hybridized carbons (Fsp3) is 0.375. The fourth-order valence-electron chi connectivity index (χ4n) is 2.91. The second-order valence-electron chi connectivity index (χ2n) is 5.49. The smallest absolute Gasteiger partial charge is 0.135 e. The van der Waals surface area contributed by atoms with Crippen LogP contribution in [0.3, 0.4) is 0 Å². The first kappa shape index (κ1) is 14.6. The average molecular weight is 322 g/mol. The third-order valence-corrected chi connectivity index (χ3v) is 4.69. The molecule has 0 aliphatic heterocycles. The Kier molecular flexibility index (Phi) is 4.32. The number of rotatable bonds is 3. The molecule has 1 fully saturated rings. The topological polar surface area (TPSA) is 51.8 Å². The van der Waals surface area contributed by atoms with Crippen molar-refractivity contribution >= 4 is 29.0 Å². The third-order valence-electron chi connectivity index (χ3n) is 3.98. The molecule has 0 bridgehead atoms. The van der Waals surface area contributed by atoms with Crippen LogP contribution < -0.4 is 5.73 Å². The highest BCUT2D eigenvalue weighted by atomic mass is 35.5. The van der Waals surface area contributed by atoms with Gasteiger partial charge >= 0.3 is 0 Å². The van der Waals surface area contributed by atoms with E-state index in [9.17, 15) is 0 Å². The van der Waals surface area contributed by atoms with Gasteiger partial charge in [0.2, 0.25) is 0 Å². The van der Waals surface area contributed by atoms with E-state index < -0.39 is 0 Å². The van der Waals surface area contributed by atoms with Gasteiger partial charge in [-0.25, -0.2) is 9.97 Å². The maximum absolute atomic E-state index is 6.21. The number of anilines is 1. The Labute approximate surface area is 134 Å². The van der Waals surface area contributed by atoms with Crippen LogP contribution >= 0.6 is 23.2 Å². The van der Waals surface area contributed by atoms with Crippen LogP contribution in [0.2, 0.25) is 10.0 Å². The molecule has 0 atom stereocenters. The minimum absolute atomic E-state index is 0.503. The van der Waals surface area contributed by atoms with E-state index in [1.165, 1.54) is 25.7 Å². The lowest BCUT2D eigenvalue weighted by molar-refractivity contribution is 0.687. The van der Waals surface area contributed by atoms with Gasteiger partial charge in [0, 0.05) is 34.1 Å². The molecule has 21 heavy (non-hydrogen) atoms. The lowest BCUT2D eigenvalue weighted by Gasteiger charge is -2.12. The highest BCUT2D eigenvalue weighted by Gasteiger charge is 2.20. The molecule has 1 aromatic heterocycles. The van der Waals surface area contributed by atoms with Gasteiger partial charge in [0.05, 0.1) is 0 Å². The Bertz CT molecular complexity index is 632. The maximum atomic E-state index is 6.21. The van der Waals surface area contributed by atoms with Crippen molar-refractivity contribution in [3.8, 4) is 0 Å². The normalized spacial score (nSPS) is 15.5. The summed E-state index contributed by atoms with van der Waals surface area (Å²) in [6.45, 7) is 0. The van der Waals surface area contributed by atoms with Crippen LogP contribution in [-0.2, 0) is 6.42 Å². The summed E-state index contributed by atoms with van der Waals surface area (Å²) in [4.78, 5) is 9.02. The molecule has 0 spiro atoms. The summed E-state index contributed by atoms with van der Waals surface area (Å²) >= 11 is 12.4. The average Bonchev–Trinajstić information content (AvgIpc) is 2.97. The number of hydrogen-bond donors (Lipinski definition) is 1. The number of aromatic nitrogens is 2. The molecule has 1 aromatic carbocycles. The largest absolute Gasteiger partial charge is 0.384 e. The zero-order chi connectivity index (χ0) is 14.8. The van der Waals surface area contributed by atoms with Crippen molar-refractivity contribution in [1.29, 1.82) is 0 Å². The van der Waals surface area contributed by atoms with Crippen molar-refractivity contribution in [1.82, 2.24) is 9.97 Å². The van der Waals surface area contributed by atoms with Crippen LogP contribution in [-0.4, -0.2) is 9.97 Å². The summed E-state index contributed by atoms with van der Waals surface area (Å²) in [6, 6.07) is 7.38. The first-order chi connectivity index (χ1) is 10.1. The Morgan fingerprint density at radius 2 is 1.76 bits per heavy atom. The zero-order valence-electron chi connectivity index (χ0n) is 11.6. The summed E-state index contributed by atoms with van der Waals surface area (Å²) < 4.78 is 0. The van der Waals surface area contributed by atoms with Gasteiger partial charge < -0.3 is 5.73 Å². The van der Waals surface area contributed by atoms with Gasteiger partial charge in [-0.05, 0) is 30.5 Å². The summed E-state index contributed by atoms with van der Waals surface area (Å²) in [7, 11) is 0. The molecule has 1 aliphatic carbocycles. The molecular weight excluding hydrogens is 305 g/mol. The van der Waals surface area contributed by atoms with Crippen LogP contribution in [0.1, 0.15) is 48.7 Å². The maximum Gasteiger partial charge on any atom is 0.135 e. The number of halogens is 2. The molecule has 3 nitrogen and oxygen atoms in total. The van der Waals surface area contributed by atoms with E-state index in [1.807, 2.05) is 24.3 Å². The summed E-state index contributed by atoms with van der Waals surface area (Å²) in [6.07, 6.45) is 5.40. The van der Waals surface area contributed by atoms with Crippen LogP contribution in [0.25, 0.3) is 0 Å². The van der Waals surface area contributed by atoms with Gasteiger partial charge in [-0.3, -0.25) is 0 Å². The molecule has 2 aromatic rings. The molecular formula is C16H17Cl2N3. The van der Waals surface area contributed by atoms with Crippen molar-refractivity contribution in [2.75, 3.05) is 5.73 Å². The molecule has 110 valence electrons. The van der Waals surface area contributed by atoms with E-state index in [4.69, 9.17) is 28.9 Å². The van der Waals surface area contributed by atoms with E-state index in [0.29, 0.717) is 34.0 Å². The highest BCUT2D eigenvalue weighted by molar-refractivity contribution is 6.36. The Morgan fingerprint density at radius 3 is 2.43 bits per heavy atom. The van der Waals surface area contributed by atoms with Crippen molar-refractivity contribution in [3.63, 3.8) is 0 Å². The molecule has 3 rings (SSSR count). The van der Waals surface area contributed by atoms with E-state index in [-0.39, 0.29) is 0 Å². The fourth-order valence-corrected chi connectivity index (χ4v) is 3.44. The zero-order valence-corrected chi connectivity index (χ0v) is 13.2. The number of nitrogens with zero attached hydrogens (tertiary/aromatic N) is 2. The molecule has 0 radical (unpaired) electrons. The molecule has 1 aliphatic rings. The highest BCUT2D eigenvalue weighted by Crippen LogP contribution is 2.34. The molecule has 1 heterocycles. The van der Waals surface area contributed by atoms with Crippen molar-refractivity contribution in [3.05, 3.63) is 51.4 Å². The standard InChI is InChI=1S/C16H17Cl2N3/c17-12-6-3-7-13(18)11(12)8-16-20-14(9-15(19)21-16)10-4-1-2-5-10/h3,6-7,9-10H,1-2,4-5,8H2,(H2,19,20,21). The van der Waals surface area contributed by atoms with Gasteiger partial charge in [0.15, 0.2) is 0 Å². The van der Waals surface area contributed by atoms with Gasteiger partial charge in [0.25, 0.3) is 0 Å². The van der Waals surface area contributed by atoms with E-state index in [0.717, 1.165) is 11.3 Å². The first-order valence-corrected chi connectivity index (χ1v) is 7.95. The van der Waals surface area contributed by atoms with Crippen LogP contribution in [0.5, 0.6) is 0 Å². The van der Waals surface area contributed by atoms with E-state index >= 15 is 0 Å². The Balaban J connectivity index is 1.91. The third kappa shape index (κ3) is 3.30. The second-order valence-corrected chi connectivity index (χ2v) is 6.31. The Hall–Kier alpha value is -1.32. The molecule has 0 amide bonds. The van der Waals surface area contributed by atoms with Crippen LogP contribution in [0.15, 0.2) is 24.3 Å². The van der Waals surface area contributed by atoms with Gasteiger partial charge in [-0.2, -0.15) is 0 Å². The number of benzene rings is 1. The second kappa shape index (κ2) is 6.20. The quantitative estimate of drug-likeness (QED) is 0.897. The predicted octanol–water partition coefficient (Wildman–Crippen LogP) is 4.61. The minimum Gasteiger partial charge on any atom is -0.384 e. The molecule has 5 heteroatoms. The summed E-state index contributed by atoms with van der Waals surface area (Å²) in [5.41, 5.74) is 7.84. The minimum atomic E-state index is 0.503. The number of nitrogens with two attached hydrogens (primary N) is 1. The monoisotopic (exact) mass is 321 g/mol. The number of nitrogen functional groups attached to an aromatic ring is 1. The molecule has 1 saturated carbocycles. The SMILES string of the molecule is Nc1cc(C2CCCC2)nc(Cc2c(Cl)cccc2Cl)n1. The number of hydrogen-bond acceptors (Lipinski definition) is 3. The van der Waals surface area contributed by atoms with Crippen molar-refractivity contribution in [2.24, 2.45) is 0 Å². The van der Waals surface area contributed by atoms with Crippen molar-refractivity contribution < 1.29 is 0 Å². The van der Waals surface area contributed by atoms with Gasteiger partial charge in [-0.15, -0.1) is 0 Å².